The smallest absolute Gasteiger partial charge is 0.251 e. The number of carbonyl (C=O) groups excluding carboxylic acids is 1. The third-order valence-corrected chi connectivity index (χ3v) is 7.13. The second-order valence-electron chi connectivity index (χ2n) is 9.30. The molecular formula is C26H33N3O3. The second-order valence-corrected chi connectivity index (χ2v) is 9.30. The van der Waals surface area contributed by atoms with Crippen molar-refractivity contribution in [2.75, 3.05) is 19.9 Å². The number of ether oxygens (including phenoxy) is 2. The molecule has 1 saturated carbocycles. The van der Waals surface area contributed by atoms with Crippen LogP contribution in [0.15, 0.2) is 42.5 Å². The van der Waals surface area contributed by atoms with Gasteiger partial charge in [0.1, 0.15) is 0 Å². The highest BCUT2D eigenvalue weighted by Crippen LogP contribution is 2.40. The molecule has 0 spiro atoms. The van der Waals surface area contributed by atoms with E-state index in [0.717, 1.165) is 67.8 Å². The molecular weight excluding hydrogens is 402 g/mol. The van der Waals surface area contributed by atoms with E-state index in [9.17, 15) is 4.79 Å². The maximum atomic E-state index is 12.6. The quantitative estimate of drug-likeness (QED) is 0.642. The summed E-state index contributed by atoms with van der Waals surface area (Å²) in [5.41, 5.74) is 3.25. The van der Waals surface area contributed by atoms with Crippen LogP contribution in [0.3, 0.4) is 0 Å². The first-order valence-electron chi connectivity index (χ1n) is 11.9. The largest absolute Gasteiger partial charge is 0.454 e. The van der Waals surface area contributed by atoms with Crippen LogP contribution in [0, 0.1) is 0 Å². The van der Waals surface area contributed by atoms with E-state index < -0.39 is 0 Å². The van der Waals surface area contributed by atoms with E-state index in [4.69, 9.17) is 9.47 Å². The van der Waals surface area contributed by atoms with Crippen LogP contribution in [-0.2, 0) is 0 Å². The number of piperidine rings is 1. The first-order valence-corrected chi connectivity index (χ1v) is 11.9. The summed E-state index contributed by atoms with van der Waals surface area (Å²) in [5.74, 6) is 2.29. The van der Waals surface area contributed by atoms with Crippen LogP contribution < -0.4 is 25.4 Å². The molecule has 2 fully saturated rings. The van der Waals surface area contributed by atoms with Crippen molar-refractivity contribution in [1.82, 2.24) is 16.0 Å². The zero-order valence-corrected chi connectivity index (χ0v) is 18.7. The van der Waals surface area contributed by atoms with Gasteiger partial charge in [0.15, 0.2) is 11.5 Å². The van der Waals surface area contributed by atoms with Gasteiger partial charge in [-0.3, -0.25) is 4.79 Å². The molecule has 1 aliphatic carbocycles. The fourth-order valence-corrected chi connectivity index (χ4v) is 5.31. The van der Waals surface area contributed by atoms with Crippen LogP contribution in [-0.4, -0.2) is 37.9 Å². The van der Waals surface area contributed by atoms with Crippen molar-refractivity contribution in [3.05, 3.63) is 59.2 Å². The van der Waals surface area contributed by atoms with Crippen LogP contribution in [0.2, 0.25) is 0 Å². The molecule has 3 aliphatic rings. The van der Waals surface area contributed by atoms with Crippen molar-refractivity contribution in [3.8, 4) is 11.5 Å². The Kier molecular flexibility index (Phi) is 6.32. The molecule has 32 heavy (non-hydrogen) atoms. The van der Waals surface area contributed by atoms with Crippen LogP contribution in [0.1, 0.15) is 72.5 Å². The summed E-state index contributed by atoms with van der Waals surface area (Å²) in [4.78, 5) is 12.6. The van der Waals surface area contributed by atoms with Crippen molar-refractivity contribution in [1.29, 1.82) is 0 Å². The van der Waals surface area contributed by atoms with Gasteiger partial charge in [-0.1, -0.05) is 24.3 Å². The van der Waals surface area contributed by atoms with Gasteiger partial charge in [-0.25, -0.2) is 0 Å². The number of rotatable bonds is 6. The van der Waals surface area contributed by atoms with Gasteiger partial charge in [-0.2, -0.15) is 0 Å². The predicted octanol–water partition coefficient (Wildman–Crippen LogP) is 3.88. The minimum Gasteiger partial charge on any atom is -0.454 e. The molecule has 6 heteroatoms. The normalized spacial score (nSPS) is 23.8. The van der Waals surface area contributed by atoms with Gasteiger partial charge in [0.25, 0.3) is 5.91 Å². The fourth-order valence-electron chi connectivity index (χ4n) is 5.31. The molecule has 0 bridgehead atoms. The number of para-hydroxylation sites is 1. The van der Waals surface area contributed by atoms with E-state index in [1.165, 1.54) is 5.56 Å². The average Bonchev–Trinajstić information content (AvgIpc) is 3.49. The zero-order valence-electron chi connectivity index (χ0n) is 18.7. The van der Waals surface area contributed by atoms with E-state index in [-0.39, 0.29) is 18.0 Å². The Bertz CT molecular complexity index is 940. The summed E-state index contributed by atoms with van der Waals surface area (Å²) < 4.78 is 11.2. The molecule has 2 aromatic carbocycles. The van der Waals surface area contributed by atoms with Crippen molar-refractivity contribution in [2.45, 2.75) is 63.1 Å². The first-order chi connectivity index (χ1) is 15.7. The van der Waals surface area contributed by atoms with Crippen molar-refractivity contribution < 1.29 is 14.3 Å². The number of hydrogen-bond donors (Lipinski definition) is 3. The molecule has 1 saturated heterocycles. The summed E-state index contributed by atoms with van der Waals surface area (Å²) in [6.45, 7) is 4.46. The fraction of sp³-hybridized carbons (Fsp3) is 0.500. The zero-order chi connectivity index (χ0) is 21.9. The van der Waals surface area contributed by atoms with Gasteiger partial charge in [-0.05, 0) is 81.8 Å². The minimum absolute atomic E-state index is 0.0461. The maximum Gasteiger partial charge on any atom is 0.251 e. The van der Waals surface area contributed by atoms with Gasteiger partial charge in [-0.15, -0.1) is 0 Å². The summed E-state index contributed by atoms with van der Waals surface area (Å²) >= 11 is 0. The SMILES string of the molecule is CC(NC1CCC(c2ccc(C(=O)NC3CCNCC3)cc2)C1)c1cccc2c1OCO2. The lowest BCUT2D eigenvalue weighted by Gasteiger charge is -2.23. The monoisotopic (exact) mass is 435 g/mol. The van der Waals surface area contributed by atoms with E-state index in [1.807, 2.05) is 24.3 Å². The molecule has 2 heterocycles. The first kappa shape index (κ1) is 21.3. The van der Waals surface area contributed by atoms with Crippen LogP contribution in [0.4, 0.5) is 0 Å². The minimum atomic E-state index is 0.0461. The van der Waals surface area contributed by atoms with Gasteiger partial charge >= 0.3 is 0 Å². The Morgan fingerprint density at radius 1 is 1.00 bits per heavy atom. The number of carbonyl (C=O) groups is 1. The third kappa shape index (κ3) is 4.62. The lowest BCUT2D eigenvalue weighted by atomic mass is 9.96. The molecule has 3 N–H and O–H groups in total. The molecule has 0 aromatic heterocycles. The summed E-state index contributed by atoms with van der Waals surface area (Å²) in [6, 6.07) is 15.3. The molecule has 2 aliphatic heterocycles. The number of amides is 1. The maximum absolute atomic E-state index is 12.6. The van der Waals surface area contributed by atoms with Crippen molar-refractivity contribution in [2.24, 2.45) is 0 Å². The average molecular weight is 436 g/mol. The van der Waals surface area contributed by atoms with E-state index >= 15 is 0 Å². The molecule has 6 nitrogen and oxygen atoms in total. The number of nitrogens with one attached hydrogen (secondary N) is 3. The van der Waals surface area contributed by atoms with Gasteiger partial charge in [0, 0.05) is 29.3 Å². The Balaban J connectivity index is 1.16. The Hall–Kier alpha value is -2.57. The van der Waals surface area contributed by atoms with Crippen molar-refractivity contribution >= 4 is 5.91 Å². The van der Waals surface area contributed by atoms with Gasteiger partial charge in [0.2, 0.25) is 6.79 Å². The molecule has 0 radical (unpaired) electrons. The molecule has 3 unspecified atom stereocenters. The molecule has 2 aromatic rings. The van der Waals surface area contributed by atoms with Crippen LogP contribution in [0.5, 0.6) is 11.5 Å². The summed E-state index contributed by atoms with van der Waals surface area (Å²) in [6.07, 6.45) is 5.43. The van der Waals surface area contributed by atoms with Gasteiger partial charge < -0.3 is 25.4 Å². The highest BCUT2D eigenvalue weighted by molar-refractivity contribution is 5.94. The summed E-state index contributed by atoms with van der Waals surface area (Å²) in [7, 11) is 0. The molecule has 170 valence electrons. The van der Waals surface area contributed by atoms with E-state index in [0.29, 0.717) is 18.8 Å². The van der Waals surface area contributed by atoms with Crippen LogP contribution in [0.25, 0.3) is 0 Å². The Labute approximate surface area is 190 Å². The van der Waals surface area contributed by atoms with E-state index in [1.54, 1.807) is 0 Å². The number of benzene rings is 2. The van der Waals surface area contributed by atoms with Crippen molar-refractivity contribution in [3.63, 3.8) is 0 Å². The molecule has 5 rings (SSSR count). The molecule has 1 amide bonds. The Morgan fingerprint density at radius 2 is 1.81 bits per heavy atom. The predicted molar refractivity (Wildman–Crippen MR) is 124 cm³/mol. The number of fused-ring (bicyclic) bond motifs is 1. The standard InChI is InChI=1S/C26H33N3O3/c1-17(23-3-2-4-24-25(23)32-16-31-24)28-22-10-9-20(15-22)18-5-7-19(8-6-18)26(30)29-21-11-13-27-14-12-21/h2-8,17,20-22,27-28H,9-16H2,1H3,(H,29,30). The highest BCUT2D eigenvalue weighted by atomic mass is 16.7. The summed E-state index contributed by atoms with van der Waals surface area (Å²) in [5, 5.41) is 10.3. The molecule has 3 atom stereocenters. The number of hydrogen-bond acceptors (Lipinski definition) is 5. The van der Waals surface area contributed by atoms with E-state index in [2.05, 4.69) is 41.1 Å². The lowest BCUT2D eigenvalue weighted by Crippen LogP contribution is -2.42. The highest BCUT2D eigenvalue weighted by Gasteiger charge is 2.29. The van der Waals surface area contributed by atoms with Crippen LogP contribution >= 0.6 is 0 Å². The third-order valence-electron chi connectivity index (χ3n) is 7.13. The second kappa shape index (κ2) is 9.51. The lowest BCUT2D eigenvalue weighted by molar-refractivity contribution is 0.0929. The topological polar surface area (TPSA) is 71.6 Å². The Morgan fingerprint density at radius 3 is 2.62 bits per heavy atom. The van der Waals surface area contributed by atoms with Gasteiger partial charge in [0.05, 0.1) is 0 Å².